The predicted molar refractivity (Wildman–Crippen MR) is 90.6 cm³/mol. The normalized spacial score (nSPS) is 12.1. The molecule has 0 atom stereocenters. The zero-order valence-electron chi connectivity index (χ0n) is 13.8. The van der Waals surface area contributed by atoms with Gasteiger partial charge in [0.15, 0.2) is 0 Å². The Hall–Kier alpha value is -0.600. The molecule has 0 aliphatic carbocycles. The molecule has 1 rings (SSSR count). The summed E-state index contributed by atoms with van der Waals surface area (Å²) >= 11 is 6.36. The van der Waals surface area contributed by atoms with Gasteiger partial charge in [-0.1, -0.05) is 58.2 Å². The zero-order chi connectivity index (χ0) is 15.9. The molecule has 1 nitrogen and oxygen atoms in total. The van der Waals surface area contributed by atoms with Crippen LogP contribution in [0.4, 0.5) is 4.39 Å². The summed E-state index contributed by atoms with van der Waals surface area (Å²) < 4.78 is 14.5. The van der Waals surface area contributed by atoms with Gasteiger partial charge in [-0.15, -0.1) is 0 Å². The van der Waals surface area contributed by atoms with Crippen LogP contribution in [0.15, 0.2) is 18.2 Å². The van der Waals surface area contributed by atoms with Crippen molar-refractivity contribution in [2.45, 2.75) is 58.8 Å². The van der Waals surface area contributed by atoms with Crippen LogP contribution in [-0.2, 0) is 5.41 Å². The smallest absolute Gasteiger partial charge is 0.128 e. The van der Waals surface area contributed by atoms with Crippen LogP contribution in [-0.4, -0.2) is 13.1 Å². The van der Waals surface area contributed by atoms with Crippen LogP contribution < -0.4 is 5.32 Å². The van der Waals surface area contributed by atoms with Crippen LogP contribution in [0.3, 0.4) is 0 Å². The second-order valence-electron chi connectivity index (χ2n) is 6.40. The molecule has 0 heterocycles. The molecule has 0 saturated heterocycles. The van der Waals surface area contributed by atoms with E-state index in [2.05, 4.69) is 33.0 Å². The van der Waals surface area contributed by atoms with Crippen LogP contribution in [0, 0.1) is 11.7 Å². The first-order chi connectivity index (χ1) is 9.96. The molecule has 1 N–H and O–H groups in total. The van der Waals surface area contributed by atoms with Crippen molar-refractivity contribution in [2.24, 2.45) is 5.92 Å². The van der Waals surface area contributed by atoms with Gasteiger partial charge in [-0.2, -0.15) is 0 Å². The van der Waals surface area contributed by atoms with E-state index in [-0.39, 0.29) is 11.2 Å². The first-order valence-electron chi connectivity index (χ1n) is 8.12. The molecule has 0 aliphatic rings. The maximum absolute atomic E-state index is 14.5. The molecule has 0 aromatic heterocycles. The van der Waals surface area contributed by atoms with Gasteiger partial charge in [-0.25, -0.2) is 4.39 Å². The standard InChI is InChI=1S/C18H29ClFN/c1-5-10-18(11-6-2,13-21-12-14(3)4)17-15(19)8-7-9-16(17)20/h7-9,14,21H,5-6,10-13H2,1-4H3. The van der Waals surface area contributed by atoms with Crippen molar-refractivity contribution in [3.63, 3.8) is 0 Å². The van der Waals surface area contributed by atoms with E-state index in [9.17, 15) is 4.39 Å². The Bertz CT molecular complexity index is 405. The highest BCUT2D eigenvalue weighted by Gasteiger charge is 2.34. The molecule has 3 heteroatoms. The summed E-state index contributed by atoms with van der Waals surface area (Å²) in [5.74, 6) is 0.415. The van der Waals surface area contributed by atoms with Crippen LogP contribution in [0.2, 0.25) is 5.02 Å². The number of hydrogen-bond acceptors (Lipinski definition) is 1. The Morgan fingerprint density at radius 2 is 1.81 bits per heavy atom. The average molecular weight is 314 g/mol. The fourth-order valence-corrected chi connectivity index (χ4v) is 3.57. The Morgan fingerprint density at radius 1 is 1.19 bits per heavy atom. The first kappa shape index (κ1) is 18.4. The molecule has 0 fully saturated rings. The molecule has 0 saturated carbocycles. The first-order valence-corrected chi connectivity index (χ1v) is 8.49. The summed E-state index contributed by atoms with van der Waals surface area (Å²) in [6, 6.07) is 5.03. The topological polar surface area (TPSA) is 12.0 Å². The molecular weight excluding hydrogens is 285 g/mol. The largest absolute Gasteiger partial charge is 0.316 e. The van der Waals surface area contributed by atoms with Crippen molar-refractivity contribution in [2.75, 3.05) is 13.1 Å². The summed E-state index contributed by atoms with van der Waals surface area (Å²) in [6.07, 6.45) is 3.95. The van der Waals surface area contributed by atoms with Gasteiger partial charge in [0.25, 0.3) is 0 Å². The third-order valence-electron chi connectivity index (χ3n) is 3.97. The van der Waals surface area contributed by atoms with Crippen molar-refractivity contribution >= 4 is 11.6 Å². The summed E-state index contributed by atoms with van der Waals surface area (Å²) in [6.45, 7) is 10.4. The number of benzene rings is 1. The molecule has 0 amide bonds. The highest BCUT2D eigenvalue weighted by Crippen LogP contribution is 2.39. The van der Waals surface area contributed by atoms with Crippen LogP contribution in [0.25, 0.3) is 0 Å². The Labute approximate surface area is 134 Å². The number of nitrogens with one attached hydrogen (secondary N) is 1. The van der Waals surface area contributed by atoms with Gasteiger partial charge in [0.1, 0.15) is 5.82 Å². The Balaban J connectivity index is 3.15. The molecule has 120 valence electrons. The lowest BCUT2D eigenvalue weighted by Gasteiger charge is -2.36. The summed E-state index contributed by atoms with van der Waals surface area (Å²) in [4.78, 5) is 0. The third-order valence-corrected chi connectivity index (χ3v) is 4.28. The molecule has 0 unspecified atom stereocenters. The second kappa shape index (κ2) is 8.75. The number of rotatable bonds is 9. The van der Waals surface area contributed by atoms with E-state index in [1.54, 1.807) is 6.07 Å². The van der Waals surface area contributed by atoms with E-state index in [1.165, 1.54) is 6.07 Å². The van der Waals surface area contributed by atoms with Crippen LogP contribution >= 0.6 is 11.6 Å². The van der Waals surface area contributed by atoms with E-state index in [1.807, 2.05) is 6.07 Å². The van der Waals surface area contributed by atoms with Crippen LogP contribution in [0.5, 0.6) is 0 Å². The molecular formula is C18H29ClFN. The molecule has 1 aromatic rings. The third kappa shape index (κ3) is 4.96. The number of halogens is 2. The SMILES string of the molecule is CCCC(CCC)(CNCC(C)C)c1c(F)cccc1Cl. The van der Waals surface area contributed by atoms with E-state index in [4.69, 9.17) is 11.6 Å². The van der Waals surface area contributed by atoms with Crippen molar-refractivity contribution < 1.29 is 4.39 Å². The molecule has 0 aliphatic heterocycles. The molecule has 0 radical (unpaired) electrons. The van der Waals surface area contributed by atoms with Crippen molar-refractivity contribution in [3.8, 4) is 0 Å². The fraction of sp³-hybridized carbons (Fsp3) is 0.667. The summed E-state index contributed by atoms with van der Waals surface area (Å²) in [7, 11) is 0. The van der Waals surface area contributed by atoms with E-state index < -0.39 is 0 Å². The minimum Gasteiger partial charge on any atom is -0.316 e. The van der Waals surface area contributed by atoms with E-state index in [0.717, 1.165) is 38.8 Å². The zero-order valence-corrected chi connectivity index (χ0v) is 14.6. The van der Waals surface area contributed by atoms with Gasteiger partial charge in [-0.3, -0.25) is 0 Å². The molecule has 21 heavy (non-hydrogen) atoms. The number of hydrogen-bond donors (Lipinski definition) is 1. The van der Waals surface area contributed by atoms with E-state index >= 15 is 0 Å². The maximum atomic E-state index is 14.5. The van der Waals surface area contributed by atoms with Gasteiger partial charge in [0.05, 0.1) is 0 Å². The molecule has 0 spiro atoms. The summed E-state index contributed by atoms with van der Waals surface area (Å²) in [5, 5.41) is 4.08. The Morgan fingerprint density at radius 3 is 2.29 bits per heavy atom. The van der Waals surface area contributed by atoms with Gasteiger partial charge in [-0.05, 0) is 37.4 Å². The Kier molecular flexibility index (Phi) is 7.69. The van der Waals surface area contributed by atoms with Crippen molar-refractivity contribution in [3.05, 3.63) is 34.6 Å². The summed E-state index contributed by atoms with van der Waals surface area (Å²) in [5.41, 5.74) is 0.493. The van der Waals surface area contributed by atoms with Crippen molar-refractivity contribution in [1.82, 2.24) is 5.32 Å². The molecule has 1 aromatic carbocycles. The van der Waals surface area contributed by atoms with E-state index in [0.29, 0.717) is 16.5 Å². The van der Waals surface area contributed by atoms with Crippen LogP contribution in [0.1, 0.15) is 58.9 Å². The fourth-order valence-electron chi connectivity index (χ4n) is 3.20. The van der Waals surface area contributed by atoms with Gasteiger partial charge >= 0.3 is 0 Å². The monoisotopic (exact) mass is 313 g/mol. The highest BCUT2D eigenvalue weighted by molar-refractivity contribution is 6.31. The molecule has 0 bridgehead atoms. The lowest BCUT2D eigenvalue weighted by Crippen LogP contribution is -2.40. The minimum atomic E-state index is -0.208. The second-order valence-corrected chi connectivity index (χ2v) is 6.81. The van der Waals surface area contributed by atoms with Gasteiger partial charge < -0.3 is 5.32 Å². The maximum Gasteiger partial charge on any atom is 0.128 e. The highest BCUT2D eigenvalue weighted by atomic mass is 35.5. The lowest BCUT2D eigenvalue weighted by molar-refractivity contribution is 0.318. The van der Waals surface area contributed by atoms with Gasteiger partial charge in [0, 0.05) is 22.5 Å². The minimum absolute atomic E-state index is 0.171. The van der Waals surface area contributed by atoms with Gasteiger partial charge in [0.2, 0.25) is 0 Å². The van der Waals surface area contributed by atoms with Crippen molar-refractivity contribution in [1.29, 1.82) is 0 Å². The quantitative estimate of drug-likeness (QED) is 0.629. The average Bonchev–Trinajstić information content (AvgIpc) is 2.38. The predicted octanol–water partition coefficient (Wildman–Crippen LogP) is 5.56. The lowest BCUT2D eigenvalue weighted by atomic mass is 9.73.